The smallest absolute Gasteiger partial charge is 0.118 e. The molecule has 0 amide bonds. The van der Waals surface area contributed by atoms with E-state index in [1.807, 2.05) is 37.4 Å². The van der Waals surface area contributed by atoms with Crippen LogP contribution >= 0.6 is 0 Å². The Labute approximate surface area is 143 Å². The zero-order valence-corrected chi connectivity index (χ0v) is 14.2. The fourth-order valence-electron chi connectivity index (χ4n) is 3.80. The molecule has 4 heterocycles. The fraction of sp³-hybridized carbons (Fsp3) is 0.526. The number of nitrogens with zero attached hydrogens (tertiary/aromatic N) is 3. The number of aryl methyl sites for hydroxylation is 1. The highest BCUT2D eigenvalue weighted by Crippen LogP contribution is 2.25. The van der Waals surface area contributed by atoms with Gasteiger partial charge < -0.3 is 9.15 Å². The zero-order chi connectivity index (χ0) is 16.4. The summed E-state index contributed by atoms with van der Waals surface area (Å²) in [5.74, 6) is 2.06. The number of ether oxygens (including phenoxy) is 1. The van der Waals surface area contributed by atoms with Gasteiger partial charge in [0.25, 0.3) is 0 Å². The first-order valence-corrected chi connectivity index (χ1v) is 8.79. The van der Waals surface area contributed by atoms with Crippen LogP contribution in [0.25, 0.3) is 0 Å². The molecule has 0 aromatic carbocycles. The average molecular weight is 327 g/mol. The molecule has 0 spiro atoms. The van der Waals surface area contributed by atoms with Gasteiger partial charge in [-0.25, -0.2) is 0 Å². The quantitative estimate of drug-likeness (QED) is 0.844. The van der Waals surface area contributed by atoms with Crippen molar-refractivity contribution in [3.8, 4) is 0 Å². The van der Waals surface area contributed by atoms with E-state index in [2.05, 4.69) is 20.9 Å². The maximum absolute atomic E-state index is 6.10. The first kappa shape index (κ1) is 15.8. The molecule has 2 aromatic rings. The molecule has 0 unspecified atom stereocenters. The van der Waals surface area contributed by atoms with Crippen molar-refractivity contribution in [2.24, 2.45) is 0 Å². The second-order valence-electron chi connectivity index (χ2n) is 6.89. The standard InChI is InChI=1S/C19H25N3O2/c1-15-5-6-18(24-15)12-21-8-9-22-13-19(10-17(22)11-21)23-14-16-4-2-3-7-20-16/h2-7,17,19H,8-14H2,1H3/t17-,19-/m0/s1. The van der Waals surface area contributed by atoms with Crippen LogP contribution in [0.4, 0.5) is 0 Å². The normalized spacial score (nSPS) is 25.0. The first-order chi connectivity index (χ1) is 11.8. The van der Waals surface area contributed by atoms with Crippen LogP contribution in [0.3, 0.4) is 0 Å². The summed E-state index contributed by atoms with van der Waals surface area (Å²) in [5, 5.41) is 0. The largest absolute Gasteiger partial charge is 0.465 e. The van der Waals surface area contributed by atoms with Crippen LogP contribution in [0.2, 0.25) is 0 Å². The van der Waals surface area contributed by atoms with Gasteiger partial charge in [-0.2, -0.15) is 0 Å². The minimum atomic E-state index is 0.322. The van der Waals surface area contributed by atoms with Crippen LogP contribution in [-0.2, 0) is 17.9 Å². The summed E-state index contributed by atoms with van der Waals surface area (Å²) < 4.78 is 11.8. The summed E-state index contributed by atoms with van der Waals surface area (Å²) in [4.78, 5) is 9.41. The van der Waals surface area contributed by atoms with E-state index >= 15 is 0 Å². The molecule has 0 bridgehead atoms. The minimum Gasteiger partial charge on any atom is -0.465 e. The average Bonchev–Trinajstić information content (AvgIpc) is 3.19. The van der Waals surface area contributed by atoms with Crippen molar-refractivity contribution in [3.05, 3.63) is 53.7 Å². The van der Waals surface area contributed by atoms with Crippen molar-refractivity contribution in [2.45, 2.75) is 38.6 Å². The van der Waals surface area contributed by atoms with E-state index in [0.717, 1.165) is 56.4 Å². The Morgan fingerprint density at radius 3 is 2.96 bits per heavy atom. The Morgan fingerprint density at radius 2 is 2.17 bits per heavy atom. The second kappa shape index (κ2) is 7.05. The summed E-state index contributed by atoms with van der Waals surface area (Å²) in [6.07, 6.45) is 3.26. The van der Waals surface area contributed by atoms with Crippen LogP contribution in [0, 0.1) is 6.92 Å². The predicted octanol–water partition coefficient (Wildman–Crippen LogP) is 2.46. The Bertz CT molecular complexity index is 658. The highest BCUT2D eigenvalue weighted by atomic mass is 16.5. The summed E-state index contributed by atoms with van der Waals surface area (Å²) in [5.41, 5.74) is 1.01. The molecule has 2 fully saturated rings. The number of aromatic nitrogens is 1. The summed E-state index contributed by atoms with van der Waals surface area (Å²) >= 11 is 0. The Hall–Kier alpha value is -1.69. The Morgan fingerprint density at radius 1 is 1.21 bits per heavy atom. The van der Waals surface area contributed by atoms with Gasteiger partial charge in [0.05, 0.1) is 24.9 Å². The SMILES string of the molecule is Cc1ccc(CN2CCN3C[C@@H](OCc4ccccn4)C[C@H]3C2)o1. The minimum absolute atomic E-state index is 0.322. The number of piperazine rings is 1. The van der Waals surface area contributed by atoms with E-state index in [1.165, 1.54) is 0 Å². The van der Waals surface area contributed by atoms with E-state index in [4.69, 9.17) is 9.15 Å². The lowest BCUT2D eigenvalue weighted by atomic mass is 10.1. The van der Waals surface area contributed by atoms with Crippen LogP contribution < -0.4 is 0 Å². The van der Waals surface area contributed by atoms with Gasteiger partial charge in [0.1, 0.15) is 11.5 Å². The molecule has 5 heteroatoms. The highest BCUT2D eigenvalue weighted by Gasteiger charge is 2.36. The molecule has 2 aliphatic heterocycles. The molecule has 0 saturated carbocycles. The number of hydrogen-bond donors (Lipinski definition) is 0. The van der Waals surface area contributed by atoms with E-state index in [-0.39, 0.29) is 0 Å². The lowest BCUT2D eigenvalue weighted by Crippen LogP contribution is -2.49. The van der Waals surface area contributed by atoms with Gasteiger partial charge in [0, 0.05) is 38.4 Å². The van der Waals surface area contributed by atoms with Gasteiger partial charge in [-0.05, 0) is 37.6 Å². The van der Waals surface area contributed by atoms with Gasteiger partial charge in [-0.3, -0.25) is 14.8 Å². The predicted molar refractivity (Wildman–Crippen MR) is 91.5 cm³/mol. The van der Waals surface area contributed by atoms with Gasteiger partial charge in [0.15, 0.2) is 0 Å². The highest BCUT2D eigenvalue weighted by molar-refractivity contribution is 5.06. The molecule has 2 saturated heterocycles. The van der Waals surface area contributed by atoms with Crippen molar-refractivity contribution in [2.75, 3.05) is 26.2 Å². The molecule has 2 atom stereocenters. The molecule has 0 aliphatic carbocycles. The molecule has 2 aromatic heterocycles. The van der Waals surface area contributed by atoms with Crippen molar-refractivity contribution in [1.82, 2.24) is 14.8 Å². The third-order valence-corrected chi connectivity index (χ3v) is 5.03. The molecule has 0 N–H and O–H groups in total. The monoisotopic (exact) mass is 327 g/mol. The first-order valence-electron chi connectivity index (χ1n) is 8.79. The van der Waals surface area contributed by atoms with Gasteiger partial charge in [0.2, 0.25) is 0 Å². The van der Waals surface area contributed by atoms with Crippen LogP contribution in [-0.4, -0.2) is 53.1 Å². The summed E-state index contributed by atoms with van der Waals surface area (Å²) in [6, 6.07) is 10.7. The second-order valence-corrected chi connectivity index (χ2v) is 6.89. The van der Waals surface area contributed by atoms with E-state index in [1.54, 1.807) is 0 Å². The van der Waals surface area contributed by atoms with Crippen molar-refractivity contribution in [1.29, 1.82) is 0 Å². The number of pyridine rings is 1. The number of furan rings is 1. The molecule has 24 heavy (non-hydrogen) atoms. The van der Waals surface area contributed by atoms with Gasteiger partial charge >= 0.3 is 0 Å². The fourth-order valence-corrected chi connectivity index (χ4v) is 3.80. The topological polar surface area (TPSA) is 41.7 Å². The van der Waals surface area contributed by atoms with E-state index in [0.29, 0.717) is 18.8 Å². The van der Waals surface area contributed by atoms with Gasteiger partial charge in [-0.15, -0.1) is 0 Å². The van der Waals surface area contributed by atoms with Crippen molar-refractivity contribution in [3.63, 3.8) is 0 Å². The maximum Gasteiger partial charge on any atom is 0.118 e. The van der Waals surface area contributed by atoms with Crippen molar-refractivity contribution >= 4 is 0 Å². The number of fused-ring (bicyclic) bond motifs is 1. The molecule has 4 rings (SSSR count). The lowest BCUT2D eigenvalue weighted by Gasteiger charge is -2.36. The van der Waals surface area contributed by atoms with E-state index < -0.39 is 0 Å². The van der Waals surface area contributed by atoms with Crippen LogP contribution in [0.1, 0.15) is 23.6 Å². The van der Waals surface area contributed by atoms with E-state index in [9.17, 15) is 0 Å². The Balaban J connectivity index is 1.27. The molecule has 5 nitrogen and oxygen atoms in total. The molecule has 128 valence electrons. The molecular formula is C19H25N3O2. The maximum atomic E-state index is 6.10. The number of rotatable bonds is 5. The van der Waals surface area contributed by atoms with Gasteiger partial charge in [-0.1, -0.05) is 6.07 Å². The lowest BCUT2D eigenvalue weighted by molar-refractivity contribution is 0.0439. The molecule has 0 radical (unpaired) electrons. The summed E-state index contributed by atoms with van der Waals surface area (Å²) in [6.45, 7) is 7.90. The van der Waals surface area contributed by atoms with Crippen molar-refractivity contribution < 1.29 is 9.15 Å². The summed E-state index contributed by atoms with van der Waals surface area (Å²) in [7, 11) is 0. The molecular weight excluding hydrogens is 302 g/mol. The molecule has 2 aliphatic rings. The third kappa shape index (κ3) is 3.69. The van der Waals surface area contributed by atoms with Crippen LogP contribution in [0.15, 0.2) is 40.9 Å². The zero-order valence-electron chi connectivity index (χ0n) is 14.2. The number of hydrogen-bond acceptors (Lipinski definition) is 5. The van der Waals surface area contributed by atoms with Crippen LogP contribution in [0.5, 0.6) is 0 Å². The third-order valence-electron chi connectivity index (χ3n) is 5.03. The Kier molecular flexibility index (Phi) is 4.65.